The lowest BCUT2D eigenvalue weighted by molar-refractivity contribution is -0.137. The molecule has 0 saturated carbocycles. The molecule has 0 aliphatic carbocycles. The van der Waals surface area contributed by atoms with Crippen LogP contribution in [0.3, 0.4) is 0 Å². The molecule has 0 radical (unpaired) electrons. The molecule has 3 nitrogen and oxygen atoms in total. The fraction of sp³-hybridized carbons (Fsp3) is 0.267. The molecule has 2 N–H and O–H groups in total. The molecular weight excluding hydrogens is 279 g/mol. The van der Waals surface area contributed by atoms with Gasteiger partial charge in [0.25, 0.3) is 0 Å². The highest BCUT2D eigenvalue weighted by molar-refractivity contribution is 5.63. The van der Waals surface area contributed by atoms with Gasteiger partial charge in [-0.05, 0) is 44.0 Å². The Bertz CT molecular complexity index is 749. The summed E-state index contributed by atoms with van der Waals surface area (Å²) in [6.07, 6.45) is -4.43. The molecule has 6 heteroatoms. The van der Waals surface area contributed by atoms with Crippen molar-refractivity contribution in [3.05, 3.63) is 46.1 Å². The number of hydrogen-bond acceptors (Lipinski definition) is 2. The van der Waals surface area contributed by atoms with Gasteiger partial charge in [0.15, 0.2) is 0 Å². The number of nitrogen functional groups attached to an aromatic ring is 1. The Balaban J connectivity index is 2.77. The van der Waals surface area contributed by atoms with Crippen molar-refractivity contribution in [2.24, 2.45) is 0 Å². The first-order chi connectivity index (χ1) is 9.68. The molecule has 0 fully saturated rings. The highest BCUT2D eigenvalue weighted by Gasteiger charge is 2.31. The van der Waals surface area contributed by atoms with Crippen LogP contribution >= 0.6 is 0 Å². The molecule has 110 valence electrons. The number of anilines is 1. The van der Waals surface area contributed by atoms with Gasteiger partial charge in [0.2, 0.25) is 0 Å². The van der Waals surface area contributed by atoms with Crippen LogP contribution in [0.4, 0.5) is 19.0 Å². The molecule has 0 aliphatic heterocycles. The number of hydrogen-bond donors (Lipinski definition) is 1. The minimum atomic E-state index is -4.43. The summed E-state index contributed by atoms with van der Waals surface area (Å²) >= 11 is 0. The monoisotopic (exact) mass is 293 g/mol. The second-order valence-electron chi connectivity index (χ2n) is 4.92. The largest absolute Gasteiger partial charge is 0.416 e. The van der Waals surface area contributed by atoms with Crippen molar-refractivity contribution in [2.45, 2.75) is 26.9 Å². The molecular formula is C15H14F3N3. The van der Waals surface area contributed by atoms with Crippen molar-refractivity contribution in [2.75, 3.05) is 5.73 Å². The molecule has 1 aromatic carbocycles. The maximum Gasteiger partial charge on any atom is 0.416 e. The lowest BCUT2D eigenvalue weighted by Crippen LogP contribution is -2.09. The van der Waals surface area contributed by atoms with Gasteiger partial charge in [-0.3, -0.25) is 4.57 Å². The molecule has 0 unspecified atom stereocenters. The van der Waals surface area contributed by atoms with Gasteiger partial charge in [0.05, 0.1) is 16.8 Å². The summed E-state index contributed by atoms with van der Waals surface area (Å²) in [5, 5.41) is 9.11. The van der Waals surface area contributed by atoms with E-state index >= 15 is 0 Å². The van der Waals surface area contributed by atoms with Gasteiger partial charge in [-0.15, -0.1) is 0 Å². The van der Waals surface area contributed by atoms with E-state index in [-0.39, 0.29) is 5.82 Å². The number of alkyl halides is 3. The normalized spacial score (nSPS) is 11.5. The molecule has 2 aromatic rings. The number of aromatic nitrogens is 1. The maximum atomic E-state index is 12.9. The Morgan fingerprint density at radius 1 is 1.19 bits per heavy atom. The average molecular weight is 293 g/mol. The molecule has 2 rings (SSSR count). The van der Waals surface area contributed by atoms with Crippen LogP contribution in [-0.2, 0) is 6.18 Å². The molecule has 1 aromatic heterocycles. The van der Waals surface area contributed by atoms with Crippen molar-refractivity contribution < 1.29 is 13.2 Å². The minimum absolute atomic E-state index is 0.162. The zero-order valence-corrected chi connectivity index (χ0v) is 11.8. The number of halogens is 3. The third kappa shape index (κ3) is 2.35. The van der Waals surface area contributed by atoms with Gasteiger partial charge in [0, 0.05) is 5.69 Å². The van der Waals surface area contributed by atoms with E-state index < -0.39 is 11.7 Å². The van der Waals surface area contributed by atoms with Crippen molar-refractivity contribution >= 4 is 5.82 Å². The number of aryl methyl sites for hydroxylation is 1. The highest BCUT2D eigenvalue weighted by atomic mass is 19.4. The second-order valence-corrected chi connectivity index (χ2v) is 4.92. The first-order valence-electron chi connectivity index (χ1n) is 6.24. The summed E-state index contributed by atoms with van der Waals surface area (Å²) in [5.74, 6) is 0.162. The SMILES string of the molecule is Cc1ccc(C(F)(F)F)cc1-n1c(C)c(C)c(C#N)c1N. The number of rotatable bonds is 1. The molecule has 0 atom stereocenters. The van der Waals surface area contributed by atoms with Gasteiger partial charge in [-0.25, -0.2) is 0 Å². The van der Waals surface area contributed by atoms with Crippen molar-refractivity contribution in [1.29, 1.82) is 5.26 Å². The quantitative estimate of drug-likeness (QED) is 0.867. The third-order valence-electron chi connectivity index (χ3n) is 3.64. The topological polar surface area (TPSA) is 54.7 Å². The molecule has 0 bridgehead atoms. The lowest BCUT2D eigenvalue weighted by atomic mass is 10.1. The van der Waals surface area contributed by atoms with E-state index in [0.29, 0.717) is 28.1 Å². The van der Waals surface area contributed by atoms with Crippen LogP contribution in [0.2, 0.25) is 0 Å². The summed E-state index contributed by atoms with van der Waals surface area (Å²) in [4.78, 5) is 0. The number of nitriles is 1. The van der Waals surface area contributed by atoms with Crippen molar-refractivity contribution in [3.63, 3.8) is 0 Å². The fourth-order valence-corrected chi connectivity index (χ4v) is 2.31. The molecule has 0 spiro atoms. The smallest absolute Gasteiger partial charge is 0.384 e. The summed E-state index contributed by atoms with van der Waals surface area (Å²) in [7, 11) is 0. The summed E-state index contributed by atoms with van der Waals surface area (Å²) in [5.41, 5.74) is 7.81. The molecule has 1 heterocycles. The van der Waals surface area contributed by atoms with Crippen LogP contribution in [0, 0.1) is 32.1 Å². The average Bonchev–Trinajstić information content (AvgIpc) is 2.60. The van der Waals surface area contributed by atoms with Crippen LogP contribution in [0.1, 0.15) is 27.9 Å². The first kappa shape index (κ1) is 15.0. The van der Waals surface area contributed by atoms with Gasteiger partial charge in [-0.1, -0.05) is 6.07 Å². The number of benzene rings is 1. The van der Waals surface area contributed by atoms with Crippen LogP contribution in [0.15, 0.2) is 18.2 Å². The van der Waals surface area contributed by atoms with Gasteiger partial charge in [-0.2, -0.15) is 18.4 Å². The fourth-order valence-electron chi connectivity index (χ4n) is 2.31. The van der Waals surface area contributed by atoms with Crippen LogP contribution in [0.5, 0.6) is 0 Å². The second kappa shape index (κ2) is 4.85. The van der Waals surface area contributed by atoms with Crippen LogP contribution in [0.25, 0.3) is 5.69 Å². The Kier molecular flexibility index (Phi) is 3.46. The Morgan fingerprint density at radius 3 is 2.29 bits per heavy atom. The van der Waals surface area contributed by atoms with E-state index in [1.807, 2.05) is 6.07 Å². The van der Waals surface area contributed by atoms with E-state index in [0.717, 1.165) is 12.1 Å². The minimum Gasteiger partial charge on any atom is -0.384 e. The number of nitrogens with zero attached hydrogens (tertiary/aromatic N) is 2. The Hall–Kier alpha value is -2.42. The zero-order chi connectivity index (χ0) is 15.9. The van der Waals surface area contributed by atoms with E-state index in [1.165, 1.54) is 10.6 Å². The summed E-state index contributed by atoms with van der Waals surface area (Å²) < 4.78 is 40.1. The van der Waals surface area contributed by atoms with Gasteiger partial charge in [0.1, 0.15) is 11.9 Å². The number of nitrogens with two attached hydrogens (primary N) is 1. The van der Waals surface area contributed by atoms with Crippen molar-refractivity contribution in [3.8, 4) is 11.8 Å². The third-order valence-corrected chi connectivity index (χ3v) is 3.64. The molecule has 21 heavy (non-hydrogen) atoms. The van der Waals surface area contributed by atoms with Crippen LogP contribution < -0.4 is 5.73 Å². The van der Waals surface area contributed by atoms with E-state index in [2.05, 4.69) is 0 Å². The molecule has 0 saturated heterocycles. The molecule has 0 amide bonds. The lowest BCUT2D eigenvalue weighted by Gasteiger charge is -2.15. The van der Waals surface area contributed by atoms with Gasteiger partial charge < -0.3 is 5.73 Å². The predicted octanol–water partition coefficient (Wildman–Crippen LogP) is 3.88. The van der Waals surface area contributed by atoms with E-state index in [4.69, 9.17) is 11.0 Å². The highest BCUT2D eigenvalue weighted by Crippen LogP contribution is 2.34. The van der Waals surface area contributed by atoms with Gasteiger partial charge >= 0.3 is 6.18 Å². The first-order valence-corrected chi connectivity index (χ1v) is 6.24. The van der Waals surface area contributed by atoms with E-state index in [1.54, 1.807) is 20.8 Å². The van der Waals surface area contributed by atoms with Crippen molar-refractivity contribution in [1.82, 2.24) is 4.57 Å². The zero-order valence-electron chi connectivity index (χ0n) is 11.8. The summed E-state index contributed by atoms with van der Waals surface area (Å²) in [6, 6.07) is 5.48. The predicted molar refractivity (Wildman–Crippen MR) is 74.1 cm³/mol. The van der Waals surface area contributed by atoms with E-state index in [9.17, 15) is 13.2 Å². The molecule has 0 aliphatic rings. The standard InChI is InChI=1S/C15H14F3N3/c1-8-4-5-11(15(16,17)18)6-13(8)21-10(3)9(2)12(7-19)14(21)20/h4-6H,20H2,1-3H3. The Morgan fingerprint density at radius 2 is 1.81 bits per heavy atom. The summed E-state index contributed by atoms with van der Waals surface area (Å²) in [6.45, 7) is 5.16. The van der Waals surface area contributed by atoms with Crippen LogP contribution in [-0.4, -0.2) is 4.57 Å². The maximum absolute atomic E-state index is 12.9. The Labute approximate surface area is 120 Å².